The second-order valence-electron chi connectivity index (χ2n) is 7.50. The zero-order chi connectivity index (χ0) is 22.9. The van der Waals surface area contributed by atoms with Crippen LogP contribution in [0.1, 0.15) is 22.5 Å². The maximum atomic E-state index is 13.2. The molecule has 168 valence electrons. The Morgan fingerprint density at radius 1 is 1.16 bits per heavy atom. The minimum Gasteiger partial charge on any atom is -0.465 e. The fourth-order valence-corrected chi connectivity index (χ4v) is 6.18. The van der Waals surface area contributed by atoms with Gasteiger partial charge >= 0.3 is 5.97 Å². The number of benzene rings is 2. The van der Waals surface area contributed by atoms with E-state index in [1.54, 1.807) is 18.2 Å². The molecule has 1 unspecified atom stereocenters. The Balaban J connectivity index is 1.47. The lowest BCUT2D eigenvalue weighted by Gasteiger charge is -2.31. The molecule has 1 amide bonds. The van der Waals surface area contributed by atoms with Gasteiger partial charge in [0.1, 0.15) is 10.7 Å². The van der Waals surface area contributed by atoms with E-state index in [4.69, 9.17) is 4.74 Å². The van der Waals surface area contributed by atoms with Crippen molar-refractivity contribution in [2.45, 2.75) is 17.7 Å². The Labute approximate surface area is 188 Å². The molecular formula is C22H21FN2O5S2. The monoisotopic (exact) mass is 476 g/mol. The molecule has 1 aliphatic heterocycles. The number of piperidine rings is 1. The number of carbonyl (C=O) groups is 2. The lowest BCUT2D eigenvalue weighted by atomic mass is 9.98. The zero-order valence-corrected chi connectivity index (χ0v) is 18.8. The van der Waals surface area contributed by atoms with Crippen molar-refractivity contribution >= 4 is 49.0 Å². The Bertz CT molecular complexity index is 1270. The molecule has 7 nitrogen and oxygen atoms in total. The van der Waals surface area contributed by atoms with Gasteiger partial charge < -0.3 is 10.1 Å². The van der Waals surface area contributed by atoms with E-state index < -0.39 is 27.7 Å². The molecule has 0 aliphatic carbocycles. The van der Waals surface area contributed by atoms with Crippen LogP contribution in [0.3, 0.4) is 0 Å². The number of carbonyl (C=O) groups excluding carboxylic acids is 2. The number of hydrogen-bond acceptors (Lipinski definition) is 6. The summed E-state index contributed by atoms with van der Waals surface area (Å²) >= 11 is 1.30. The van der Waals surface area contributed by atoms with Gasteiger partial charge in [-0.15, -0.1) is 11.3 Å². The minimum absolute atomic E-state index is 0.00396. The van der Waals surface area contributed by atoms with Gasteiger partial charge in [0.25, 0.3) is 0 Å². The maximum Gasteiger partial charge on any atom is 0.348 e. The number of fused-ring (bicyclic) bond motifs is 1. The van der Waals surface area contributed by atoms with Crippen LogP contribution >= 0.6 is 11.3 Å². The van der Waals surface area contributed by atoms with Gasteiger partial charge in [0, 0.05) is 23.5 Å². The number of ether oxygens (including phenoxy) is 1. The molecule has 0 bridgehead atoms. The van der Waals surface area contributed by atoms with Gasteiger partial charge in [0.15, 0.2) is 0 Å². The van der Waals surface area contributed by atoms with Crippen LogP contribution in [0.5, 0.6) is 0 Å². The molecular weight excluding hydrogens is 455 g/mol. The van der Waals surface area contributed by atoms with Gasteiger partial charge in [0.05, 0.1) is 17.9 Å². The first kappa shape index (κ1) is 22.4. The van der Waals surface area contributed by atoms with Gasteiger partial charge in [0.2, 0.25) is 15.9 Å². The van der Waals surface area contributed by atoms with E-state index in [-0.39, 0.29) is 17.3 Å². The Morgan fingerprint density at radius 2 is 1.91 bits per heavy atom. The van der Waals surface area contributed by atoms with E-state index in [2.05, 4.69) is 5.32 Å². The summed E-state index contributed by atoms with van der Waals surface area (Å²) in [4.78, 5) is 25.1. The Hall–Kier alpha value is -2.82. The summed E-state index contributed by atoms with van der Waals surface area (Å²) < 4.78 is 45.9. The number of nitrogens with zero attached hydrogens (tertiary/aromatic N) is 1. The number of hydrogen-bond donors (Lipinski definition) is 1. The van der Waals surface area contributed by atoms with Crippen LogP contribution in [-0.4, -0.2) is 44.8 Å². The molecule has 10 heteroatoms. The SMILES string of the molecule is COC(=O)c1cc2cc(NC(=O)C3CCCN(S(=O)(=O)c4ccc(F)cc4)C3)ccc2s1. The molecule has 1 atom stereocenters. The minimum atomic E-state index is -3.81. The van der Waals surface area contributed by atoms with E-state index in [1.165, 1.54) is 34.9 Å². The summed E-state index contributed by atoms with van der Waals surface area (Å²) in [5.74, 6) is -1.71. The van der Waals surface area contributed by atoms with E-state index in [0.717, 1.165) is 22.2 Å². The van der Waals surface area contributed by atoms with Crippen LogP contribution in [-0.2, 0) is 19.6 Å². The first-order valence-electron chi connectivity index (χ1n) is 9.96. The largest absolute Gasteiger partial charge is 0.465 e. The summed E-state index contributed by atoms with van der Waals surface area (Å²) in [6.07, 6.45) is 1.11. The van der Waals surface area contributed by atoms with E-state index in [9.17, 15) is 22.4 Å². The third kappa shape index (κ3) is 4.52. The number of sulfonamides is 1. The standard InChI is InChI=1S/C22H21FN2O5S2/c1-30-22(27)20-12-15-11-17(6-9-19(15)31-20)24-21(26)14-3-2-10-25(13-14)32(28,29)18-7-4-16(23)5-8-18/h4-9,11-12,14H,2-3,10,13H2,1H3,(H,24,26). The highest BCUT2D eigenvalue weighted by Gasteiger charge is 2.33. The smallest absolute Gasteiger partial charge is 0.348 e. The van der Waals surface area contributed by atoms with Crippen LogP contribution in [0.4, 0.5) is 10.1 Å². The zero-order valence-electron chi connectivity index (χ0n) is 17.2. The number of rotatable bonds is 5. The van der Waals surface area contributed by atoms with Crippen LogP contribution in [0.2, 0.25) is 0 Å². The van der Waals surface area contributed by atoms with Crippen molar-refractivity contribution in [2.24, 2.45) is 5.92 Å². The maximum absolute atomic E-state index is 13.2. The van der Waals surface area contributed by atoms with Crippen LogP contribution in [0.15, 0.2) is 53.4 Å². The van der Waals surface area contributed by atoms with Crippen molar-refractivity contribution in [1.29, 1.82) is 0 Å². The first-order valence-corrected chi connectivity index (χ1v) is 12.2. The molecule has 0 spiro atoms. The lowest BCUT2D eigenvalue weighted by Crippen LogP contribution is -2.43. The number of nitrogens with one attached hydrogen (secondary N) is 1. The number of esters is 1. The molecule has 1 fully saturated rings. The molecule has 32 heavy (non-hydrogen) atoms. The lowest BCUT2D eigenvalue weighted by molar-refractivity contribution is -0.120. The van der Waals surface area contributed by atoms with E-state index in [1.807, 2.05) is 6.07 Å². The number of halogens is 1. The topological polar surface area (TPSA) is 92.8 Å². The molecule has 1 saturated heterocycles. The Kier molecular flexibility index (Phi) is 6.27. The highest BCUT2D eigenvalue weighted by Crippen LogP contribution is 2.30. The van der Waals surface area contributed by atoms with Gasteiger partial charge in [-0.2, -0.15) is 4.31 Å². The predicted molar refractivity (Wildman–Crippen MR) is 120 cm³/mol. The average Bonchev–Trinajstić information content (AvgIpc) is 3.22. The highest BCUT2D eigenvalue weighted by atomic mass is 32.2. The molecule has 1 aromatic heterocycles. The summed E-state index contributed by atoms with van der Waals surface area (Å²) in [6.45, 7) is 0.361. The fourth-order valence-electron chi connectivity index (χ4n) is 3.70. The van der Waals surface area contributed by atoms with Crippen LogP contribution < -0.4 is 5.32 Å². The van der Waals surface area contributed by atoms with Gasteiger partial charge in [-0.3, -0.25) is 4.79 Å². The van der Waals surface area contributed by atoms with Crippen molar-refractivity contribution in [3.05, 3.63) is 59.2 Å². The molecule has 1 N–H and O–H groups in total. The number of thiophene rings is 1. The summed E-state index contributed by atoms with van der Waals surface area (Å²) in [6, 6.07) is 11.7. The quantitative estimate of drug-likeness (QED) is 0.565. The molecule has 1 aliphatic rings. The molecule has 4 rings (SSSR count). The Morgan fingerprint density at radius 3 is 2.62 bits per heavy atom. The number of anilines is 1. The third-order valence-corrected chi connectivity index (χ3v) is 8.35. The van der Waals surface area contributed by atoms with Crippen LogP contribution in [0, 0.1) is 11.7 Å². The normalized spacial score (nSPS) is 17.2. The number of methoxy groups -OCH3 is 1. The second kappa shape index (κ2) is 8.97. The number of amides is 1. The van der Waals surface area contributed by atoms with Crippen molar-refractivity contribution in [3.63, 3.8) is 0 Å². The summed E-state index contributed by atoms with van der Waals surface area (Å²) in [7, 11) is -2.49. The molecule has 2 aromatic carbocycles. The van der Waals surface area contributed by atoms with Crippen LogP contribution in [0.25, 0.3) is 10.1 Å². The first-order chi connectivity index (χ1) is 15.3. The summed E-state index contributed by atoms with van der Waals surface area (Å²) in [5.41, 5.74) is 0.565. The third-order valence-electron chi connectivity index (χ3n) is 5.38. The fraction of sp³-hybridized carbons (Fsp3) is 0.273. The highest BCUT2D eigenvalue weighted by molar-refractivity contribution is 7.89. The summed E-state index contributed by atoms with van der Waals surface area (Å²) in [5, 5.41) is 3.66. The average molecular weight is 477 g/mol. The van der Waals surface area contributed by atoms with Gasteiger partial charge in [-0.1, -0.05) is 0 Å². The second-order valence-corrected chi connectivity index (χ2v) is 10.5. The van der Waals surface area contributed by atoms with Gasteiger partial charge in [-0.25, -0.2) is 17.6 Å². The van der Waals surface area contributed by atoms with Crippen molar-refractivity contribution in [1.82, 2.24) is 4.31 Å². The molecule has 0 radical (unpaired) electrons. The van der Waals surface area contributed by atoms with Crippen molar-refractivity contribution in [3.8, 4) is 0 Å². The molecule has 3 aromatic rings. The molecule has 2 heterocycles. The van der Waals surface area contributed by atoms with E-state index in [0.29, 0.717) is 30.0 Å². The predicted octanol–water partition coefficient (Wildman–Crippen LogP) is 3.87. The van der Waals surface area contributed by atoms with Gasteiger partial charge in [-0.05, 0) is 66.8 Å². The van der Waals surface area contributed by atoms with Crippen molar-refractivity contribution < 1.29 is 27.1 Å². The van der Waals surface area contributed by atoms with Crippen molar-refractivity contribution in [2.75, 3.05) is 25.5 Å². The molecule has 0 saturated carbocycles. The van der Waals surface area contributed by atoms with E-state index >= 15 is 0 Å².